The quantitative estimate of drug-likeness (QED) is 0.925. The molecule has 1 aromatic heterocycles. The summed E-state index contributed by atoms with van der Waals surface area (Å²) >= 11 is 3.54. The number of anilines is 1. The first kappa shape index (κ1) is 13.8. The first-order valence-electron chi connectivity index (χ1n) is 6.34. The van der Waals surface area contributed by atoms with Gasteiger partial charge < -0.3 is 10.1 Å². The molecule has 0 amide bonds. The lowest BCUT2D eigenvalue weighted by Crippen LogP contribution is -2.42. The summed E-state index contributed by atoms with van der Waals surface area (Å²) in [4.78, 5) is 6.83. The van der Waals surface area contributed by atoms with Crippen LogP contribution in [0, 0.1) is 6.92 Å². The highest BCUT2D eigenvalue weighted by Crippen LogP contribution is 2.21. The van der Waals surface area contributed by atoms with Crippen molar-refractivity contribution >= 4 is 21.7 Å². The van der Waals surface area contributed by atoms with E-state index in [1.807, 2.05) is 13.1 Å². The summed E-state index contributed by atoms with van der Waals surface area (Å²) in [6.07, 6.45) is 1.88. The maximum atomic E-state index is 5.35. The number of hydrogen-bond donors (Lipinski definition) is 1. The fourth-order valence-electron chi connectivity index (χ4n) is 2.09. The number of pyridine rings is 1. The van der Waals surface area contributed by atoms with Gasteiger partial charge in [0.25, 0.3) is 0 Å². The highest BCUT2D eigenvalue weighted by molar-refractivity contribution is 9.10. The number of halogens is 1. The van der Waals surface area contributed by atoms with Gasteiger partial charge in [0, 0.05) is 31.9 Å². The molecule has 1 aromatic rings. The van der Waals surface area contributed by atoms with Gasteiger partial charge in [0.05, 0.1) is 17.7 Å². The van der Waals surface area contributed by atoms with Gasteiger partial charge >= 0.3 is 0 Å². The Bertz CT molecular complexity index is 394. The van der Waals surface area contributed by atoms with E-state index in [4.69, 9.17) is 4.74 Å². The van der Waals surface area contributed by atoms with E-state index in [0.29, 0.717) is 6.04 Å². The maximum Gasteiger partial charge on any atom is 0.140 e. The highest BCUT2D eigenvalue weighted by atomic mass is 79.9. The third-order valence-corrected chi connectivity index (χ3v) is 3.60. The van der Waals surface area contributed by atoms with Crippen LogP contribution in [0.3, 0.4) is 0 Å². The van der Waals surface area contributed by atoms with Crippen molar-refractivity contribution in [1.82, 2.24) is 9.88 Å². The molecule has 2 heterocycles. The van der Waals surface area contributed by atoms with Crippen LogP contribution in [0.25, 0.3) is 0 Å². The summed E-state index contributed by atoms with van der Waals surface area (Å²) in [5, 5.41) is 3.44. The van der Waals surface area contributed by atoms with Crippen molar-refractivity contribution in [2.75, 3.05) is 38.2 Å². The Hall–Kier alpha value is -0.650. The molecule has 0 bridgehead atoms. The summed E-state index contributed by atoms with van der Waals surface area (Å²) in [5.74, 6) is 0.918. The minimum Gasteiger partial charge on any atom is -0.379 e. The standard InChI is InChI=1S/C13H20BrN3O/c1-10-7-12(14)13(15-8-10)16-11(2)9-17-3-5-18-6-4-17/h7-8,11H,3-6,9H2,1-2H3,(H,15,16). The van der Waals surface area contributed by atoms with Gasteiger partial charge in [0.1, 0.15) is 5.82 Å². The molecule has 1 saturated heterocycles. The summed E-state index contributed by atoms with van der Waals surface area (Å²) in [6, 6.07) is 2.45. The Morgan fingerprint density at radius 1 is 1.50 bits per heavy atom. The lowest BCUT2D eigenvalue weighted by molar-refractivity contribution is 0.0368. The zero-order chi connectivity index (χ0) is 13.0. The second kappa shape index (κ2) is 6.50. The number of aryl methyl sites for hydroxylation is 1. The first-order chi connectivity index (χ1) is 8.65. The minimum atomic E-state index is 0.370. The van der Waals surface area contributed by atoms with E-state index in [2.05, 4.69) is 44.1 Å². The molecule has 5 heteroatoms. The molecule has 1 atom stereocenters. The first-order valence-corrected chi connectivity index (χ1v) is 7.13. The smallest absolute Gasteiger partial charge is 0.140 e. The Morgan fingerprint density at radius 2 is 2.22 bits per heavy atom. The molecular formula is C13H20BrN3O. The third kappa shape index (κ3) is 3.93. The molecule has 4 nitrogen and oxygen atoms in total. The molecule has 0 aromatic carbocycles. The van der Waals surface area contributed by atoms with Crippen LogP contribution >= 0.6 is 15.9 Å². The third-order valence-electron chi connectivity index (χ3n) is 3.00. The van der Waals surface area contributed by atoms with Crippen molar-refractivity contribution < 1.29 is 4.74 Å². The molecule has 100 valence electrons. The Labute approximate surface area is 117 Å². The van der Waals surface area contributed by atoms with Crippen molar-refractivity contribution in [1.29, 1.82) is 0 Å². The zero-order valence-corrected chi connectivity index (χ0v) is 12.5. The molecule has 0 spiro atoms. The van der Waals surface area contributed by atoms with Crippen LogP contribution < -0.4 is 5.32 Å². The van der Waals surface area contributed by atoms with Gasteiger partial charge in [-0.3, -0.25) is 4.90 Å². The molecule has 2 rings (SSSR count). The molecule has 0 saturated carbocycles. The van der Waals surface area contributed by atoms with Gasteiger partial charge in [-0.05, 0) is 41.4 Å². The van der Waals surface area contributed by atoms with Gasteiger partial charge in [0.15, 0.2) is 0 Å². The van der Waals surface area contributed by atoms with Gasteiger partial charge in [0.2, 0.25) is 0 Å². The number of hydrogen-bond acceptors (Lipinski definition) is 4. The van der Waals surface area contributed by atoms with Gasteiger partial charge in [-0.2, -0.15) is 0 Å². The highest BCUT2D eigenvalue weighted by Gasteiger charge is 2.14. The average Bonchev–Trinajstić information content (AvgIpc) is 2.34. The second-order valence-corrected chi connectivity index (χ2v) is 5.66. The molecule has 1 fully saturated rings. The summed E-state index contributed by atoms with van der Waals surface area (Å²) < 4.78 is 6.37. The van der Waals surface area contributed by atoms with Gasteiger partial charge in [-0.15, -0.1) is 0 Å². The van der Waals surface area contributed by atoms with Crippen LogP contribution in [0.2, 0.25) is 0 Å². The monoisotopic (exact) mass is 313 g/mol. The normalized spacial score (nSPS) is 18.6. The number of aromatic nitrogens is 1. The Kier molecular flexibility index (Phi) is 4.97. The summed E-state index contributed by atoms with van der Waals surface area (Å²) in [7, 11) is 0. The lowest BCUT2D eigenvalue weighted by atomic mass is 10.2. The Morgan fingerprint density at radius 3 is 2.89 bits per heavy atom. The molecule has 1 N–H and O–H groups in total. The molecule has 0 aliphatic carbocycles. The van der Waals surface area contributed by atoms with E-state index in [1.165, 1.54) is 0 Å². The summed E-state index contributed by atoms with van der Waals surface area (Å²) in [5.41, 5.74) is 1.16. The predicted octanol–water partition coefficient (Wildman–Crippen LogP) is 2.29. The van der Waals surface area contributed by atoms with E-state index in [1.54, 1.807) is 0 Å². The second-order valence-electron chi connectivity index (χ2n) is 4.80. The maximum absolute atomic E-state index is 5.35. The molecule has 1 aliphatic heterocycles. The van der Waals surface area contributed by atoms with E-state index in [-0.39, 0.29) is 0 Å². The van der Waals surface area contributed by atoms with Crippen molar-refractivity contribution in [3.8, 4) is 0 Å². The largest absolute Gasteiger partial charge is 0.379 e. The minimum absolute atomic E-state index is 0.370. The van der Waals surface area contributed by atoms with Crippen LogP contribution in [0.1, 0.15) is 12.5 Å². The van der Waals surface area contributed by atoms with Crippen LogP contribution in [-0.2, 0) is 4.74 Å². The number of ether oxygens (including phenoxy) is 1. The SMILES string of the molecule is Cc1cnc(NC(C)CN2CCOCC2)c(Br)c1. The average molecular weight is 314 g/mol. The van der Waals surface area contributed by atoms with Crippen LogP contribution in [-0.4, -0.2) is 48.8 Å². The van der Waals surface area contributed by atoms with Crippen LogP contribution in [0.15, 0.2) is 16.7 Å². The van der Waals surface area contributed by atoms with E-state index >= 15 is 0 Å². The van der Waals surface area contributed by atoms with Crippen molar-refractivity contribution in [3.05, 3.63) is 22.3 Å². The number of morpholine rings is 1. The van der Waals surface area contributed by atoms with Crippen LogP contribution in [0.4, 0.5) is 5.82 Å². The molecule has 18 heavy (non-hydrogen) atoms. The van der Waals surface area contributed by atoms with Gasteiger partial charge in [-0.25, -0.2) is 4.98 Å². The molecular weight excluding hydrogens is 294 g/mol. The molecule has 1 unspecified atom stereocenters. The predicted molar refractivity (Wildman–Crippen MR) is 77.0 cm³/mol. The van der Waals surface area contributed by atoms with Gasteiger partial charge in [-0.1, -0.05) is 0 Å². The topological polar surface area (TPSA) is 37.4 Å². The zero-order valence-electron chi connectivity index (χ0n) is 10.9. The van der Waals surface area contributed by atoms with Crippen molar-refractivity contribution in [2.45, 2.75) is 19.9 Å². The number of nitrogens with zero attached hydrogens (tertiary/aromatic N) is 2. The summed E-state index contributed by atoms with van der Waals surface area (Å²) in [6.45, 7) is 8.98. The number of rotatable bonds is 4. The van der Waals surface area contributed by atoms with E-state index in [0.717, 1.165) is 48.7 Å². The molecule has 0 radical (unpaired) electrons. The fourth-order valence-corrected chi connectivity index (χ4v) is 2.67. The Balaban J connectivity index is 1.87. The van der Waals surface area contributed by atoms with E-state index in [9.17, 15) is 0 Å². The molecule has 1 aliphatic rings. The lowest BCUT2D eigenvalue weighted by Gasteiger charge is -2.29. The van der Waals surface area contributed by atoms with Crippen molar-refractivity contribution in [2.24, 2.45) is 0 Å². The fraction of sp³-hybridized carbons (Fsp3) is 0.615. The van der Waals surface area contributed by atoms with Crippen LogP contribution in [0.5, 0.6) is 0 Å². The number of nitrogens with one attached hydrogen (secondary N) is 1. The van der Waals surface area contributed by atoms with E-state index < -0.39 is 0 Å². The van der Waals surface area contributed by atoms with Crippen molar-refractivity contribution in [3.63, 3.8) is 0 Å².